The minimum atomic E-state index is -3.94. The second-order valence-corrected chi connectivity index (χ2v) is 8.26. The zero-order valence-electron chi connectivity index (χ0n) is 15.0. The highest BCUT2D eigenvalue weighted by molar-refractivity contribution is 7.89. The fraction of sp³-hybridized carbons (Fsp3) is 0.263. The van der Waals surface area contributed by atoms with Crippen LogP contribution in [0.5, 0.6) is 0 Å². The third-order valence-electron chi connectivity index (χ3n) is 4.93. The third-order valence-corrected chi connectivity index (χ3v) is 5.96. The van der Waals surface area contributed by atoms with E-state index in [9.17, 15) is 18.0 Å². The van der Waals surface area contributed by atoms with E-state index in [1.807, 2.05) is 0 Å². The number of nitrogens with zero attached hydrogens (tertiary/aromatic N) is 1. The first-order valence-corrected chi connectivity index (χ1v) is 9.91. The van der Waals surface area contributed by atoms with Crippen molar-refractivity contribution in [3.05, 3.63) is 63.7 Å². The summed E-state index contributed by atoms with van der Waals surface area (Å²) in [5.74, 6) is -1.33. The lowest BCUT2D eigenvalue weighted by molar-refractivity contribution is 0.0696. The molecule has 0 bridgehead atoms. The number of nitrogens with two attached hydrogens (primary N) is 1. The average molecular weight is 388 g/mol. The van der Waals surface area contributed by atoms with E-state index in [-0.39, 0.29) is 28.5 Å². The maximum absolute atomic E-state index is 12.9. The molecule has 0 atom stereocenters. The van der Waals surface area contributed by atoms with Crippen molar-refractivity contribution >= 4 is 21.9 Å². The first-order chi connectivity index (χ1) is 12.6. The highest BCUT2D eigenvalue weighted by Crippen LogP contribution is 2.25. The molecule has 3 rings (SSSR count). The molecular formula is C19H20N2O5S. The maximum Gasteiger partial charge on any atom is 0.335 e. The van der Waals surface area contributed by atoms with Crippen LogP contribution in [0.1, 0.15) is 43.0 Å². The van der Waals surface area contributed by atoms with E-state index in [1.165, 1.54) is 6.07 Å². The maximum atomic E-state index is 12.9. The van der Waals surface area contributed by atoms with Crippen LogP contribution in [0.4, 0.5) is 0 Å². The van der Waals surface area contributed by atoms with Crippen molar-refractivity contribution in [1.82, 2.24) is 4.90 Å². The standard InChI is InChI=1S/C19H20N2O5S/c1-11-7-15(9-17(12(11)2)27(20,25)26)18(22)21-6-5-13-3-4-14(19(23)24)8-16(13)10-21/h3-4,7-9H,5-6,10H2,1-2H3,(H,23,24)(H2,20,25,26). The second kappa shape index (κ2) is 6.79. The van der Waals surface area contributed by atoms with Gasteiger partial charge >= 0.3 is 5.97 Å². The van der Waals surface area contributed by atoms with Crippen LogP contribution in [0.15, 0.2) is 35.2 Å². The first kappa shape index (κ1) is 19.1. The number of hydrogen-bond acceptors (Lipinski definition) is 4. The van der Waals surface area contributed by atoms with Gasteiger partial charge in [-0.1, -0.05) is 6.07 Å². The van der Waals surface area contributed by atoms with Crippen molar-refractivity contribution in [2.24, 2.45) is 5.14 Å². The van der Waals surface area contributed by atoms with E-state index in [0.717, 1.165) is 11.1 Å². The zero-order valence-corrected chi connectivity index (χ0v) is 15.8. The molecule has 0 spiro atoms. The summed E-state index contributed by atoms with van der Waals surface area (Å²) in [6.45, 7) is 4.11. The Kier molecular flexibility index (Phi) is 4.79. The van der Waals surface area contributed by atoms with E-state index in [2.05, 4.69) is 0 Å². The summed E-state index contributed by atoms with van der Waals surface area (Å²) in [5, 5.41) is 14.4. The molecule has 0 saturated heterocycles. The summed E-state index contributed by atoms with van der Waals surface area (Å²) in [7, 11) is -3.94. The molecule has 27 heavy (non-hydrogen) atoms. The van der Waals surface area contributed by atoms with Crippen LogP contribution in [0.25, 0.3) is 0 Å². The first-order valence-electron chi connectivity index (χ1n) is 8.36. The molecule has 2 aromatic rings. The molecule has 142 valence electrons. The lowest BCUT2D eigenvalue weighted by Crippen LogP contribution is -2.36. The average Bonchev–Trinajstić information content (AvgIpc) is 2.61. The largest absolute Gasteiger partial charge is 0.478 e. The van der Waals surface area contributed by atoms with Crippen molar-refractivity contribution in [2.45, 2.75) is 31.7 Å². The number of amides is 1. The number of carboxylic acids is 1. The Bertz CT molecular complexity index is 1060. The van der Waals surface area contributed by atoms with Crippen LogP contribution >= 0.6 is 0 Å². The molecule has 1 aliphatic rings. The van der Waals surface area contributed by atoms with E-state index >= 15 is 0 Å². The van der Waals surface area contributed by atoms with Gasteiger partial charge in [-0.25, -0.2) is 18.4 Å². The van der Waals surface area contributed by atoms with Crippen molar-refractivity contribution in [3.8, 4) is 0 Å². The smallest absolute Gasteiger partial charge is 0.335 e. The quantitative estimate of drug-likeness (QED) is 0.832. The van der Waals surface area contributed by atoms with Crippen LogP contribution in [0, 0.1) is 13.8 Å². The van der Waals surface area contributed by atoms with Gasteiger partial charge in [-0.3, -0.25) is 4.79 Å². The van der Waals surface area contributed by atoms with Crippen molar-refractivity contribution in [3.63, 3.8) is 0 Å². The molecule has 0 aliphatic carbocycles. The van der Waals surface area contributed by atoms with Crippen LogP contribution in [-0.2, 0) is 23.0 Å². The SMILES string of the molecule is Cc1cc(C(=O)N2CCc3ccc(C(=O)O)cc3C2)cc(S(N)(=O)=O)c1C. The lowest BCUT2D eigenvalue weighted by atomic mass is 9.96. The summed E-state index contributed by atoms with van der Waals surface area (Å²) >= 11 is 0. The molecule has 3 N–H and O–H groups in total. The monoisotopic (exact) mass is 388 g/mol. The second-order valence-electron chi connectivity index (χ2n) is 6.73. The fourth-order valence-electron chi connectivity index (χ4n) is 3.29. The summed E-state index contributed by atoms with van der Waals surface area (Å²) in [4.78, 5) is 25.6. The number of aromatic carboxylic acids is 1. The Morgan fingerprint density at radius 1 is 1.07 bits per heavy atom. The molecule has 8 heteroatoms. The summed E-state index contributed by atoms with van der Waals surface area (Å²) in [5.41, 5.74) is 3.39. The van der Waals surface area contributed by atoms with Crippen molar-refractivity contribution < 1.29 is 23.1 Å². The highest BCUT2D eigenvalue weighted by Gasteiger charge is 2.25. The van der Waals surface area contributed by atoms with E-state index < -0.39 is 16.0 Å². The lowest BCUT2D eigenvalue weighted by Gasteiger charge is -2.29. The molecule has 1 amide bonds. The van der Waals surface area contributed by atoms with Gasteiger partial charge in [-0.2, -0.15) is 0 Å². The molecule has 0 saturated carbocycles. The minimum Gasteiger partial charge on any atom is -0.478 e. The van der Waals surface area contributed by atoms with Gasteiger partial charge in [0, 0.05) is 18.7 Å². The summed E-state index contributed by atoms with van der Waals surface area (Å²) in [6.07, 6.45) is 0.605. The number of carbonyl (C=O) groups is 2. The number of fused-ring (bicyclic) bond motifs is 1. The number of carboxylic acid groups (broad SMARTS) is 1. The van der Waals surface area contributed by atoms with Crippen LogP contribution in [-0.4, -0.2) is 36.8 Å². The Morgan fingerprint density at radius 2 is 1.78 bits per heavy atom. The summed E-state index contributed by atoms with van der Waals surface area (Å²) < 4.78 is 23.6. The molecular weight excluding hydrogens is 368 g/mol. The van der Waals surface area contributed by atoms with Crippen molar-refractivity contribution in [2.75, 3.05) is 6.54 Å². The Balaban J connectivity index is 1.95. The number of primary sulfonamides is 1. The molecule has 2 aromatic carbocycles. The van der Waals surface area contributed by atoms with E-state index in [4.69, 9.17) is 10.2 Å². The normalized spacial score (nSPS) is 14.0. The molecule has 0 radical (unpaired) electrons. The zero-order chi connectivity index (χ0) is 19.9. The topological polar surface area (TPSA) is 118 Å². The van der Waals surface area contributed by atoms with Crippen LogP contribution in [0.3, 0.4) is 0 Å². The number of hydrogen-bond donors (Lipinski definition) is 2. The van der Waals surface area contributed by atoms with Crippen LogP contribution in [0.2, 0.25) is 0 Å². The van der Waals surface area contributed by atoms with Gasteiger partial charge in [0.2, 0.25) is 10.0 Å². The van der Waals surface area contributed by atoms with Gasteiger partial charge in [0.15, 0.2) is 0 Å². The number of sulfonamides is 1. The van der Waals surface area contributed by atoms with Gasteiger partial charge in [0.25, 0.3) is 5.91 Å². The molecule has 0 fully saturated rings. The summed E-state index contributed by atoms with van der Waals surface area (Å²) in [6, 6.07) is 7.86. The Hall–Kier alpha value is -2.71. The van der Waals surface area contributed by atoms with E-state index in [1.54, 1.807) is 43.0 Å². The molecule has 1 heterocycles. The molecule has 7 nitrogen and oxygen atoms in total. The van der Waals surface area contributed by atoms with Gasteiger partial charge in [-0.15, -0.1) is 0 Å². The van der Waals surface area contributed by atoms with Gasteiger partial charge < -0.3 is 10.0 Å². The third kappa shape index (κ3) is 3.72. The fourth-order valence-corrected chi connectivity index (χ4v) is 4.17. The van der Waals surface area contributed by atoms with Gasteiger partial charge in [0.1, 0.15) is 0 Å². The minimum absolute atomic E-state index is 0.0589. The number of benzene rings is 2. The predicted octanol–water partition coefficient (Wildman–Crippen LogP) is 1.85. The van der Waals surface area contributed by atoms with E-state index in [0.29, 0.717) is 24.1 Å². The number of rotatable bonds is 3. The molecule has 0 aromatic heterocycles. The molecule has 1 aliphatic heterocycles. The molecule has 0 unspecified atom stereocenters. The number of carbonyl (C=O) groups excluding carboxylic acids is 1. The van der Waals surface area contributed by atoms with Gasteiger partial charge in [-0.05, 0) is 66.8 Å². The van der Waals surface area contributed by atoms with Gasteiger partial charge in [0.05, 0.1) is 10.5 Å². The van der Waals surface area contributed by atoms with Crippen LogP contribution < -0.4 is 5.14 Å². The Labute approximate surface area is 157 Å². The Morgan fingerprint density at radius 3 is 2.41 bits per heavy atom. The predicted molar refractivity (Wildman–Crippen MR) is 99.1 cm³/mol. The van der Waals surface area contributed by atoms with Crippen molar-refractivity contribution in [1.29, 1.82) is 0 Å². The highest BCUT2D eigenvalue weighted by atomic mass is 32.2. The number of aryl methyl sites for hydroxylation is 1.